The zero-order chi connectivity index (χ0) is 20.1. The zero-order valence-corrected chi connectivity index (χ0v) is 16.3. The molecule has 4 rings (SSSR count). The van der Waals surface area contributed by atoms with E-state index < -0.39 is 0 Å². The number of nitrogens with one attached hydrogen (secondary N) is 2. The van der Waals surface area contributed by atoms with Gasteiger partial charge >= 0.3 is 6.03 Å². The first-order chi connectivity index (χ1) is 14.2. The number of aryl methyl sites for hydroxylation is 1. The van der Waals surface area contributed by atoms with Crippen molar-refractivity contribution in [3.63, 3.8) is 0 Å². The van der Waals surface area contributed by atoms with E-state index in [1.54, 1.807) is 6.20 Å². The van der Waals surface area contributed by atoms with Gasteiger partial charge in [-0.05, 0) is 41.3 Å². The number of anilines is 1. The Bertz CT molecular complexity index is 1100. The summed E-state index contributed by atoms with van der Waals surface area (Å²) in [5.74, 6) is 0.544. The Morgan fingerprint density at radius 3 is 2.45 bits per heavy atom. The molecule has 0 aliphatic rings. The summed E-state index contributed by atoms with van der Waals surface area (Å²) in [6.07, 6.45) is 4.57. The monoisotopic (exact) mass is 385 g/mol. The molecule has 2 aromatic heterocycles. The Hall–Kier alpha value is -3.67. The van der Waals surface area contributed by atoms with Crippen LogP contribution >= 0.6 is 0 Å². The van der Waals surface area contributed by atoms with Gasteiger partial charge in [0.1, 0.15) is 5.82 Å². The predicted molar refractivity (Wildman–Crippen MR) is 115 cm³/mol. The molecule has 0 aliphatic carbocycles. The lowest BCUT2D eigenvalue weighted by Crippen LogP contribution is -2.28. The molecule has 146 valence electrons. The second kappa shape index (κ2) is 8.56. The second-order valence-corrected chi connectivity index (χ2v) is 6.89. The van der Waals surface area contributed by atoms with E-state index in [0.29, 0.717) is 12.4 Å². The Morgan fingerprint density at radius 1 is 0.931 bits per heavy atom. The quantitative estimate of drug-likeness (QED) is 0.518. The molecule has 0 atom stereocenters. The Kier molecular flexibility index (Phi) is 5.52. The lowest BCUT2D eigenvalue weighted by molar-refractivity contribution is 0.251. The summed E-state index contributed by atoms with van der Waals surface area (Å²) in [4.78, 5) is 20.7. The molecular weight excluding hydrogens is 362 g/mol. The highest BCUT2D eigenvalue weighted by molar-refractivity contribution is 5.88. The number of carbonyl (C=O) groups excluding carboxylic acids is 1. The summed E-state index contributed by atoms with van der Waals surface area (Å²) >= 11 is 0. The van der Waals surface area contributed by atoms with Crippen molar-refractivity contribution in [3.05, 3.63) is 89.9 Å². The van der Waals surface area contributed by atoms with Crippen LogP contribution in [0.4, 0.5) is 10.6 Å². The maximum absolute atomic E-state index is 12.1. The molecule has 2 N–H and O–H groups in total. The Balaban J connectivity index is 1.31. The van der Waals surface area contributed by atoms with Crippen molar-refractivity contribution in [3.8, 4) is 0 Å². The minimum absolute atomic E-state index is 0.268. The molecule has 4 aromatic rings. The summed E-state index contributed by atoms with van der Waals surface area (Å²) in [5, 5.41) is 5.61. The van der Waals surface area contributed by atoms with Crippen LogP contribution in [0.3, 0.4) is 0 Å². The fourth-order valence-electron chi connectivity index (χ4n) is 3.15. The number of hydrogen-bond donors (Lipinski definition) is 2. The molecule has 6 heteroatoms. The van der Waals surface area contributed by atoms with E-state index in [4.69, 9.17) is 0 Å². The van der Waals surface area contributed by atoms with Crippen molar-refractivity contribution in [1.29, 1.82) is 0 Å². The fraction of sp³-hybridized carbons (Fsp3) is 0.174. The van der Waals surface area contributed by atoms with Crippen molar-refractivity contribution in [1.82, 2.24) is 19.9 Å². The number of rotatable bonds is 6. The van der Waals surface area contributed by atoms with Gasteiger partial charge in [-0.25, -0.2) is 14.8 Å². The van der Waals surface area contributed by atoms with Gasteiger partial charge in [0.05, 0.1) is 17.4 Å². The number of urea groups is 1. The molecule has 2 heterocycles. The van der Waals surface area contributed by atoms with E-state index in [-0.39, 0.29) is 6.03 Å². The summed E-state index contributed by atoms with van der Waals surface area (Å²) in [6.45, 7) is 3.28. The number of carbonyl (C=O) groups is 1. The first kappa shape index (κ1) is 18.7. The van der Waals surface area contributed by atoms with Gasteiger partial charge in [-0.3, -0.25) is 5.32 Å². The number of benzene rings is 2. The molecule has 0 unspecified atom stereocenters. The molecule has 0 aliphatic heterocycles. The largest absolute Gasteiger partial charge is 0.334 e. The molecule has 0 spiro atoms. The van der Waals surface area contributed by atoms with E-state index in [2.05, 4.69) is 50.3 Å². The molecule has 6 nitrogen and oxygen atoms in total. The van der Waals surface area contributed by atoms with Crippen LogP contribution in [0.1, 0.15) is 23.6 Å². The number of aromatic nitrogens is 3. The van der Waals surface area contributed by atoms with Crippen LogP contribution in [-0.2, 0) is 19.5 Å². The van der Waals surface area contributed by atoms with E-state index in [0.717, 1.165) is 35.1 Å². The molecule has 0 fully saturated rings. The number of amides is 2. The van der Waals surface area contributed by atoms with Gasteiger partial charge in [-0.1, -0.05) is 49.4 Å². The van der Waals surface area contributed by atoms with Gasteiger partial charge in [0.15, 0.2) is 0 Å². The van der Waals surface area contributed by atoms with Crippen LogP contribution in [0.5, 0.6) is 0 Å². The van der Waals surface area contributed by atoms with Crippen molar-refractivity contribution < 1.29 is 4.79 Å². The summed E-state index contributed by atoms with van der Waals surface area (Å²) in [5.41, 5.74) is 5.48. The van der Waals surface area contributed by atoms with E-state index in [9.17, 15) is 4.79 Å². The fourth-order valence-corrected chi connectivity index (χ4v) is 3.15. The average molecular weight is 385 g/mol. The SMILES string of the molecule is CCc1ccc(NC(=O)NCc2ccc(Cn3cnc4ccccc43)cc2)nc1. The normalized spacial score (nSPS) is 10.8. The first-order valence-electron chi connectivity index (χ1n) is 9.69. The molecule has 2 aromatic carbocycles. The van der Waals surface area contributed by atoms with Crippen molar-refractivity contribution >= 4 is 22.9 Å². The number of para-hydroxylation sites is 2. The topological polar surface area (TPSA) is 71.8 Å². The maximum atomic E-state index is 12.1. The van der Waals surface area contributed by atoms with Gasteiger partial charge < -0.3 is 9.88 Å². The highest BCUT2D eigenvalue weighted by Crippen LogP contribution is 2.14. The number of pyridine rings is 1. The van der Waals surface area contributed by atoms with E-state index in [1.165, 1.54) is 5.56 Å². The molecule has 0 saturated carbocycles. The standard InChI is InChI=1S/C23H23N5O/c1-2-17-11-12-22(24-13-17)27-23(29)25-14-18-7-9-19(10-8-18)15-28-16-26-20-5-3-4-6-21(20)28/h3-13,16H,2,14-15H2,1H3,(H2,24,25,27,29). The van der Waals surface area contributed by atoms with E-state index in [1.807, 2.05) is 48.8 Å². The number of imidazole rings is 1. The van der Waals surface area contributed by atoms with Crippen molar-refractivity contribution in [2.75, 3.05) is 5.32 Å². The van der Waals surface area contributed by atoms with Gasteiger partial charge in [-0.15, -0.1) is 0 Å². The highest BCUT2D eigenvalue weighted by Gasteiger charge is 2.05. The third-order valence-corrected chi connectivity index (χ3v) is 4.83. The van der Waals surface area contributed by atoms with Crippen molar-refractivity contribution in [2.24, 2.45) is 0 Å². The highest BCUT2D eigenvalue weighted by atomic mass is 16.2. The van der Waals surface area contributed by atoms with Crippen LogP contribution in [0.15, 0.2) is 73.2 Å². The van der Waals surface area contributed by atoms with Crippen LogP contribution in [0.25, 0.3) is 11.0 Å². The lowest BCUT2D eigenvalue weighted by Gasteiger charge is -2.09. The Morgan fingerprint density at radius 2 is 1.69 bits per heavy atom. The number of nitrogens with zero attached hydrogens (tertiary/aromatic N) is 3. The Labute approximate surface area is 169 Å². The summed E-state index contributed by atoms with van der Waals surface area (Å²) in [6, 6.07) is 19.8. The van der Waals surface area contributed by atoms with Crippen LogP contribution in [-0.4, -0.2) is 20.6 Å². The third kappa shape index (κ3) is 4.60. The van der Waals surface area contributed by atoms with Gasteiger partial charge in [0, 0.05) is 19.3 Å². The van der Waals surface area contributed by atoms with Gasteiger partial charge in [0.25, 0.3) is 0 Å². The minimum Gasteiger partial charge on any atom is -0.334 e. The average Bonchev–Trinajstić information content (AvgIpc) is 3.17. The zero-order valence-electron chi connectivity index (χ0n) is 16.3. The summed E-state index contributed by atoms with van der Waals surface area (Å²) < 4.78 is 2.13. The van der Waals surface area contributed by atoms with Gasteiger partial charge in [0.2, 0.25) is 0 Å². The van der Waals surface area contributed by atoms with Crippen molar-refractivity contribution in [2.45, 2.75) is 26.4 Å². The van der Waals surface area contributed by atoms with Crippen LogP contribution in [0, 0.1) is 0 Å². The second-order valence-electron chi connectivity index (χ2n) is 6.89. The smallest absolute Gasteiger partial charge is 0.320 e. The maximum Gasteiger partial charge on any atom is 0.320 e. The molecule has 0 radical (unpaired) electrons. The number of hydrogen-bond acceptors (Lipinski definition) is 3. The molecular formula is C23H23N5O. The number of fused-ring (bicyclic) bond motifs is 1. The van der Waals surface area contributed by atoms with Crippen LogP contribution < -0.4 is 10.6 Å². The van der Waals surface area contributed by atoms with E-state index >= 15 is 0 Å². The molecule has 0 saturated heterocycles. The predicted octanol–water partition coefficient (Wildman–Crippen LogP) is 4.36. The minimum atomic E-state index is -0.268. The lowest BCUT2D eigenvalue weighted by atomic mass is 10.1. The van der Waals surface area contributed by atoms with Gasteiger partial charge in [-0.2, -0.15) is 0 Å². The molecule has 2 amide bonds. The molecule has 0 bridgehead atoms. The van der Waals surface area contributed by atoms with Crippen LogP contribution in [0.2, 0.25) is 0 Å². The third-order valence-electron chi connectivity index (χ3n) is 4.83. The first-order valence-corrected chi connectivity index (χ1v) is 9.69. The molecule has 29 heavy (non-hydrogen) atoms. The summed E-state index contributed by atoms with van der Waals surface area (Å²) in [7, 11) is 0.